The van der Waals surface area contributed by atoms with Crippen LogP contribution in [0.4, 0.5) is 5.82 Å². The van der Waals surface area contributed by atoms with Crippen molar-refractivity contribution in [3.8, 4) is 5.75 Å². The molecule has 0 spiro atoms. The van der Waals surface area contributed by atoms with Crippen molar-refractivity contribution in [1.29, 1.82) is 0 Å². The molecular formula is C20H24N4O. The molecule has 0 aliphatic carbocycles. The summed E-state index contributed by atoms with van der Waals surface area (Å²) in [6, 6.07) is 16.4. The molecule has 1 heterocycles. The van der Waals surface area contributed by atoms with Gasteiger partial charge in [-0.15, -0.1) is 0 Å². The fourth-order valence-corrected chi connectivity index (χ4v) is 2.83. The molecule has 0 aliphatic heterocycles. The van der Waals surface area contributed by atoms with Crippen LogP contribution < -0.4 is 10.1 Å². The predicted octanol–water partition coefficient (Wildman–Crippen LogP) is 3.57. The van der Waals surface area contributed by atoms with Gasteiger partial charge in [0, 0.05) is 24.5 Å². The molecule has 25 heavy (non-hydrogen) atoms. The van der Waals surface area contributed by atoms with Gasteiger partial charge >= 0.3 is 0 Å². The van der Waals surface area contributed by atoms with E-state index in [0.29, 0.717) is 0 Å². The van der Waals surface area contributed by atoms with Gasteiger partial charge in [-0.3, -0.25) is 0 Å². The van der Waals surface area contributed by atoms with E-state index in [2.05, 4.69) is 57.6 Å². The molecule has 1 N–H and O–H groups in total. The maximum absolute atomic E-state index is 5.25. The van der Waals surface area contributed by atoms with Crippen LogP contribution in [0.15, 0.2) is 54.9 Å². The number of ether oxygens (including phenoxy) is 1. The van der Waals surface area contributed by atoms with Crippen LogP contribution in [0.1, 0.15) is 12.0 Å². The number of nitrogens with one attached hydrogen (secondary N) is 1. The normalized spacial score (nSPS) is 11.0. The highest BCUT2D eigenvalue weighted by molar-refractivity contribution is 5.89. The second-order valence-electron chi connectivity index (χ2n) is 6.11. The summed E-state index contributed by atoms with van der Waals surface area (Å²) < 4.78 is 5.25. The fraction of sp³-hybridized carbons (Fsp3) is 0.300. The molecule has 0 saturated carbocycles. The van der Waals surface area contributed by atoms with E-state index in [1.165, 1.54) is 5.56 Å². The molecule has 0 amide bonds. The lowest BCUT2D eigenvalue weighted by Crippen LogP contribution is -2.21. The zero-order valence-electron chi connectivity index (χ0n) is 14.8. The van der Waals surface area contributed by atoms with Crippen molar-refractivity contribution >= 4 is 16.7 Å². The third kappa shape index (κ3) is 4.67. The van der Waals surface area contributed by atoms with Crippen molar-refractivity contribution in [2.75, 3.05) is 32.6 Å². The molecule has 1 aromatic heterocycles. The molecule has 0 atom stereocenters. The van der Waals surface area contributed by atoms with Crippen LogP contribution in [0.2, 0.25) is 0 Å². The maximum Gasteiger partial charge on any atom is 0.137 e. The molecule has 5 heteroatoms. The minimum Gasteiger partial charge on any atom is -0.497 e. The van der Waals surface area contributed by atoms with Crippen molar-refractivity contribution in [2.45, 2.75) is 13.0 Å². The van der Waals surface area contributed by atoms with E-state index in [9.17, 15) is 0 Å². The highest BCUT2D eigenvalue weighted by Crippen LogP contribution is 2.23. The van der Waals surface area contributed by atoms with Gasteiger partial charge in [0.15, 0.2) is 0 Å². The summed E-state index contributed by atoms with van der Waals surface area (Å²) in [6.07, 6.45) is 2.64. The number of methoxy groups -OCH3 is 1. The van der Waals surface area contributed by atoms with Gasteiger partial charge in [-0.25, -0.2) is 9.97 Å². The minimum atomic E-state index is 0.805. The van der Waals surface area contributed by atoms with E-state index in [1.807, 2.05) is 18.2 Å². The highest BCUT2D eigenvalue weighted by Gasteiger charge is 2.05. The summed E-state index contributed by atoms with van der Waals surface area (Å²) in [5.41, 5.74) is 2.23. The molecule has 3 rings (SSSR count). The number of rotatable bonds is 8. The lowest BCUT2D eigenvalue weighted by molar-refractivity contribution is 0.325. The van der Waals surface area contributed by atoms with Gasteiger partial charge in [0.05, 0.1) is 12.6 Å². The molecule has 0 fully saturated rings. The van der Waals surface area contributed by atoms with Crippen molar-refractivity contribution in [1.82, 2.24) is 14.9 Å². The second kappa shape index (κ2) is 8.44. The minimum absolute atomic E-state index is 0.805. The van der Waals surface area contributed by atoms with Crippen molar-refractivity contribution in [2.24, 2.45) is 0 Å². The Kier molecular flexibility index (Phi) is 5.80. The monoisotopic (exact) mass is 336 g/mol. The standard InChI is InChI=1S/C20H24N4O/c1-24(14-16-7-4-3-5-8-16)12-6-11-21-20-18-10-9-17(25-2)13-19(18)22-15-23-20/h3-5,7-10,13,15H,6,11-12,14H2,1-2H3,(H,21,22,23). The Balaban J connectivity index is 1.51. The average molecular weight is 336 g/mol. The number of fused-ring (bicyclic) bond motifs is 1. The molecule has 0 bridgehead atoms. The third-order valence-electron chi connectivity index (χ3n) is 4.15. The van der Waals surface area contributed by atoms with Gasteiger partial charge in [0.1, 0.15) is 17.9 Å². The number of anilines is 1. The summed E-state index contributed by atoms with van der Waals surface area (Å²) in [5, 5.41) is 4.44. The Labute approximate surface area is 148 Å². The van der Waals surface area contributed by atoms with Crippen LogP contribution in [-0.2, 0) is 6.54 Å². The van der Waals surface area contributed by atoms with Crippen molar-refractivity contribution in [3.63, 3.8) is 0 Å². The van der Waals surface area contributed by atoms with E-state index < -0.39 is 0 Å². The van der Waals surface area contributed by atoms with Gasteiger partial charge in [0.25, 0.3) is 0 Å². The zero-order chi connectivity index (χ0) is 17.5. The van der Waals surface area contributed by atoms with E-state index in [1.54, 1.807) is 13.4 Å². The first-order valence-corrected chi connectivity index (χ1v) is 8.51. The Morgan fingerprint density at radius 2 is 1.92 bits per heavy atom. The summed E-state index contributed by atoms with van der Waals surface area (Å²) in [4.78, 5) is 11.0. The number of nitrogens with zero attached hydrogens (tertiary/aromatic N) is 3. The zero-order valence-corrected chi connectivity index (χ0v) is 14.8. The number of hydrogen-bond acceptors (Lipinski definition) is 5. The van der Waals surface area contributed by atoms with Gasteiger partial charge in [-0.05, 0) is 37.7 Å². The first-order valence-electron chi connectivity index (χ1n) is 8.51. The molecular weight excluding hydrogens is 312 g/mol. The largest absolute Gasteiger partial charge is 0.497 e. The van der Waals surface area contributed by atoms with E-state index in [-0.39, 0.29) is 0 Å². The highest BCUT2D eigenvalue weighted by atomic mass is 16.5. The third-order valence-corrected chi connectivity index (χ3v) is 4.15. The molecule has 2 aromatic carbocycles. The summed E-state index contributed by atoms with van der Waals surface area (Å²) in [7, 11) is 3.81. The van der Waals surface area contributed by atoms with Crippen LogP contribution in [0, 0.1) is 0 Å². The Morgan fingerprint density at radius 1 is 1.08 bits per heavy atom. The molecule has 0 unspecified atom stereocenters. The van der Waals surface area contributed by atoms with Crippen LogP contribution in [-0.4, -0.2) is 42.1 Å². The molecule has 0 radical (unpaired) electrons. The summed E-state index contributed by atoms with van der Waals surface area (Å²) in [6.45, 7) is 2.87. The Bertz CT molecular complexity index is 807. The average Bonchev–Trinajstić information content (AvgIpc) is 2.65. The van der Waals surface area contributed by atoms with Crippen LogP contribution in [0.3, 0.4) is 0 Å². The first kappa shape index (κ1) is 17.2. The van der Waals surface area contributed by atoms with Crippen molar-refractivity contribution < 1.29 is 4.74 Å². The van der Waals surface area contributed by atoms with Gasteiger partial charge in [0.2, 0.25) is 0 Å². The topological polar surface area (TPSA) is 50.3 Å². The Morgan fingerprint density at radius 3 is 2.72 bits per heavy atom. The summed E-state index contributed by atoms with van der Waals surface area (Å²) >= 11 is 0. The second-order valence-corrected chi connectivity index (χ2v) is 6.11. The molecule has 3 aromatic rings. The van der Waals surface area contributed by atoms with E-state index >= 15 is 0 Å². The van der Waals surface area contributed by atoms with E-state index in [4.69, 9.17) is 4.74 Å². The van der Waals surface area contributed by atoms with Crippen LogP contribution in [0.25, 0.3) is 10.9 Å². The number of benzene rings is 2. The predicted molar refractivity (Wildman–Crippen MR) is 102 cm³/mol. The van der Waals surface area contributed by atoms with Gasteiger partial charge in [-0.1, -0.05) is 30.3 Å². The van der Waals surface area contributed by atoms with Gasteiger partial charge < -0.3 is 15.0 Å². The van der Waals surface area contributed by atoms with E-state index in [0.717, 1.165) is 48.5 Å². The van der Waals surface area contributed by atoms with Crippen molar-refractivity contribution in [3.05, 3.63) is 60.4 Å². The Hall–Kier alpha value is -2.66. The fourth-order valence-electron chi connectivity index (χ4n) is 2.83. The first-order chi connectivity index (χ1) is 12.3. The van der Waals surface area contributed by atoms with Gasteiger partial charge in [-0.2, -0.15) is 0 Å². The number of hydrogen-bond donors (Lipinski definition) is 1. The molecule has 0 aliphatic rings. The smallest absolute Gasteiger partial charge is 0.137 e. The molecule has 130 valence electrons. The van der Waals surface area contributed by atoms with Crippen LogP contribution >= 0.6 is 0 Å². The molecule has 0 saturated heterocycles. The van der Waals surface area contributed by atoms with Crippen LogP contribution in [0.5, 0.6) is 5.75 Å². The maximum atomic E-state index is 5.25. The quantitative estimate of drug-likeness (QED) is 0.637. The number of aromatic nitrogens is 2. The molecule has 5 nitrogen and oxygen atoms in total. The summed E-state index contributed by atoms with van der Waals surface area (Å²) in [5.74, 6) is 1.68. The SMILES string of the molecule is COc1ccc2c(NCCCN(C)Cc3ccccc3)ncnc2c1. The lowest BCUT2D eigenvalue weighted by Gasteiger charge is -2.17. The lowest BCUT2D eigenvalue weighted by atomic mass is 10.2.